The third-order valence-electron chi connectivity index (χ3n) is 5.61. The summed E-state index contributed by atoms with van der Waals surface area (Å²) in [5.41, 5.74) is 1.97. The van der Waals surface area contributed by atoms with E-state index in [0.717, 1.165) is 41.0 Å². The van der Waals surface area contributed by atoms with Gasteiger partial charge in [0, 0.05) is 40.3 Å². The number of H-pyrrole nitrogens is 1. The van der Waals surface area contributed by atoms with Crippen molar-refractivity contribution >= 4 is 51.6 Å². The molecule has 0 spiro atoms. The highest BCUT2D eigenvalue weighted by Gasteiger charge is 2.40. The summed E-state index contributed by atoms with van der Waals surface area (Å²) in [7, 11) is 2.03. The molecule has 0 saturated carbocycles. The molecule has 9 nitrogen and oxygen atoms in total. The zero-order valence-electron chi connectivity index (χ0n) is 17.1. The first-order valence-electron chi connectivity index (χ1n) is 10.1. The van der Waals surface area contributed by atoms with Gasteiger partial charge in [-0.2, -0.15) is 0 Å². The molecule has 3 N–H and O–H groups in total. The van der Waals surface area contributed by atoms with Gasteiger partial charge >= 0.3 is 5.97 Å². The van der Waals surface area contributed by atoms with Gasteiger partial charge in [-0.25, -0.2) is 9.78 Å². The zero-order chi connectivity index (χ0) is 22.4. The minimum absolute atomic E-state index is 0.0222. The number of fused-ring (bicyclic) bond motifs is 2. The van der Waals surface area contributed by atoms with Gasteiger partial charge < -0.3 is 25.3 Å². The number of benzene rings is 1. The zero-order valence-corrected chi connectivity index (χ0v) is 18.7. The highest BCUT2D eigenvalue weighted by atomic mass is 35.5. The van der Waals surface area contributed by atoms with Gasteiger partial charge in [0.25, 0.3) is 11.8 Å². The average Bonchev–Trinajstić information content (AvgIpc) is 3.45. The van der Waals surface area contributed by atoms with Crippen LogP contribution in [-0.2, 0) is 22.5 Å². The number of hydrogen-bond acceptors (Lipinski definition) is 7. The number of nitrogens with one attached hydrogen (secondary N) is 3. The van der Waals surface area contributed by atoms with E-state index in [1.54, 1.807) is 24.3 Å². The highest BCUT2D eigenvalue weighted by Crippen LogP contribution is 2.25. The second kappa shape index (κ2) is 8.19. The van der Waals surface area contributed by atoms with Crippen molar-refractivity contribution in [2.45, 2.75) is 25.0 Å². The summed E-state index contributed by atoms with van der Waals surface area (Å²) >= 11 is 7.35. The first-order valence-corrected chi connectivity index (χ1v) is 11.3. The van der Waals surface area contributed by atoms with Crippen LogP contribution in [0.2, 0.25) is 5.02 Å². The number of cyclic esters (lactones) is 1. The standard InChI is InChI=1S/C21H20ClN5O4S/c1-27-5-4-13-16(8-27)32-20(25-13)19(29)24-15-9-31-21(30)17(15)26-18(28)14-7-10-6-11(22)2-3-12(10)23-14/h2-3,6-7,15,17,23H,4-5,8-9H2,1H3,(H,24,29)(H,26,28)/t15-,17?/m1/s1. The Morgan fingerprint density at radius 1 is 1.28 bits per heavy atom. The molecule has 5 rings (SSSR count). The Hall–Kier alpha value is -2.95. The maximum atomic E-state index is 12.8. The molecular weight excluding hydrogens is 454 g/mol. The summed E-state index contributed by atoms with van der Waals surface area (Å²) in [5.74, 6) is -1.45. The third kappa shape index (κ3) is 3.96. The van der Waals surface area contributed by atoms with Gasteiger partial charge in [0.2, 0.25) is 0 Å². The van der Waals surface area contributed by atoms with Gasteiger partial charge in [-0.3, -0.25) is 9.59 Å². The van der Waals surface area contributed by atoms with E-state index < -0.39 is 24.0 Å². The van der Waals surface area contributed by atoms with Crippen molar-refractivity contribution in [1.82, 2.24) is 25.5 Å². The number of carbonyl (C=O) groups excluding carboxylic acids is 3. The number of halogens is 1. The van der Waals surface area contributed by atoms with Gasteiger partial charge in [-0.15, -0.1) is 11.3 Å². The second-order valence-corrected chi connectivity index (χ2v) is 9.47. The fourth-order valence-electron chi connectivity index (χ4n) is 3.90. The lowest BCUT2D eigenvalue weighted by Gasteiger charge is -2.20. The summed E-state index contributed by atoms with van der Waals surface area (Å²) in [4.78, 5) is 48.5. The SMILES string of the molecule is CN1CCc2nc(C(=O)N[C@@H]3COC(=O)C3NC(=O)c3cc4cc(Cl)ccc4[nH]3)sc2C1. The van der Waals surface area contributed by atoms with E-state index in [1.807, 2.05) is 7.05 Å². The molecule has 2 atom stereocenters. The van der Waals surface area contributed by atoms with Crippen molar-refractivity contribution < 1.29 is 19.1 Å². The molecule has 4 heterocycles. The van der Waals surface area contributed by atoms with E-state index in [0.29, 0.717) is 10.0 Å². The number of esters is 1. The van der Waals surface area contributed by atoms with Gasteiger partial charge in [-0.05, 0) is 31.3 Å². The maximum Gasteiger partial charge on any atom is 0.331 e. The van der Waals surface area contributed by atoms with Crippen LogP contribution in [0.15, 0.2) is 24.3 Å². The normalized spacial score (nSPS) is 20.8. The largest absolute Gasteiger partial charge is 0.462 e. The molecule has 0 aliphatic carbocycles. The monoisotopic (exact) mass is 473 g/mol. The van der Waals surface area contributed by atoms with Crippen LogP contribution < -0.4 is 10.6 Å². The van der Waals surface area contributed by atoms with Crippen molar-refractivity contribution in [3.63, 3.8) is 0 Å². The van der Waals surface area contributed by atoms with E-state index in [2.05, 4.69) is 25.5 Å². The van der Waals surface area contributed by atoms with Crippen molar-refractivity contribution in [3.8, 4) is 0 Å². The van der Waals surface area contributed by atoms with Crippen LogP contribution in [0.25, 0.3) is 10.9 Å². The minimum atomic E-state index is -0.998. The van der Waals surface area contributed by atoms with E-state index >= 15 is 0 Å². The van der Waals surface area contributed by atoms with Crippen LogP contribution in [0, 0.1) is 0 Å². The predicted octanol–water partition coefficient (Wildman–Crippen LogP) is 1.72. The summed E-state index contributed by atoms with van der Waals surface area (Å²) in [5, 5.41) is 7.14. The quantitative estimate of drug-likeness (QED) is 0.497. The molecule has 11 heteroatoms. The van der Waals surface area contributed by atoms with E-state index in [1.165, 1.54) is 11.3 Å². The Kier molecular flexibility index (Phi) is 5.36. The molecule has 1 unspecified atom stereocenters. The van der Waals surface area contributed by atoms with Gasteiger partial charge in [-0.1, -0.05) is 11.6 Å². The Labute approximate surface area is 192 Å². The Balaban J connectivity index is 1.29. The number of rotatable bonds is 4. The van der Waals surface area contributed by atoms with Crippen LogP contribution in [0.4, 0.5) is 0 Å². The lowest BCUT2D eigenvalue weighted by Crippen LogP contribution is -2.52. The van der Waals surface area contributed by atoms with Crippen molar-refractivity contribution in [2.24, 2.45) is 0 Å². The molecule has 1 fully saturated rings. The van der Waals surface area contributed by atoms with Crippen LogP contribution in [0.3, 0.4) is 0 Å². The van der Waals surface area contributed by atoms with Crippen LogP contribution in [0.5, 0.6) is 0 Å². The van der Waals surface area contributed by atoms with Gasteiger partial charge in [0.15, 0.2) is 11.0 Å². The van der Waals surface area contributed by atoms with Crippen LogP contribution in [-0.4, -0.2) is 64.9 Å². The summed E-state index contributed by atoms with van der Waals surface area (Å²) < 4.78 is 5.10. The number of aromatic amines is 1. The number of carbonyl (C=O) groups is 3. The van der Waals surface area contributed by atoms with Crippen molar-refractivity contribution in [3.05, 3.63) is 50.6 Å². The molecular formula is C21H20ClN5O4S. The molecule has 0 radical (unpaired) electrons. The first kappa shape index (κ1) is 20.9. The average molecular weight is 474 g/mol. The van der Waals surface area contributed by atoms with E-state index in [9.17, 15) is 14.4 Å². The molecule has 2 amide bonds. The minimum Gasteiger partial charge on any atom is -0.462 e. The Morgan fingerprint density at radius 2 is 2.12 bits per heavy atom. The number of nitrogens with zero attached hydrogens (tertiary/aromatic N) is 2. The highest BCUT2D eigenvalue weighted by molar-refractivity contribution is 7.13. The summed E-state index contributed by atoms with van der Waals surface area (Å²) in [6.45, 7) is 1.64. The lowest BCUT2D eigenvalue weighted by atomic mass is 10.1. The molecule has 2 aromatic heterocycles. The summed E-state index contributed by atoms with van der Waals surface area (Å²) in [6.07, 6.45) is 0.801. The fraction of sp³-hybridized carbons (Fsp3) is 0.333. The molecule has 0 bridgehead atoms. The predicted molar refractivity (Wildman–Crippen MR) is 119 cm³/mol. The number of amides is 2. The molecule has 1 aromatic carbocycles. The number of thiazole rings is 1. The molecule has 32 heavy (non-hydrogen) atoms. The van der Waals surface area contributed by atoms with Crippen LogP contribution in [0.1, 0.15) is 30.9 Å². The third-order valence-corrected chi connectivity index (χ3v) is 6.92. The van der Waals surface area contributed by atoms with Crippen molar-refractivity contribution in [1.29, 1.82) is 0 Å². The molecule has 2 aliphatic rings. The number of likely N-dealkylation sites (N-methyl/N-ethyl adjacent to an activating group) is 1. The van der Waals surface area contributed by atoms with Gasteiger partial charge in [0.1, 0.15) is 12.3 Å². The molecule has 3 aromatic rings. The van der Waals surface area contributed by atoms with E-state index in [-0.39, 0.29) is 18.2 Å². The summed E-state index contributed by atoms with van der Waals surface area (Å²) in [6, 6.07) is 5.19. The molecule has 1 saturated heterocycles. The maximum absolute atomic E-state index is 12.8. The second-order valence-electron chi connectivity index (χ2n) is 7.95. The molecule has 166 valence electrons. The number of aromatic nitrogens is 2. The first-order chi connectivity index (χ1) is 15.4. The van der Waals surface area contributed by atoms with Crippen LogP contribution >= 0.6 is 22.9 Å². The lowest BCUT2D eigenvalue weighted by molar-refractivity contribution is -0.139. The van der Waals surface area contributed by atoms with Crippen molar-refractivity contribution in [2.75, 3.05) is 20.2 Å². The van der Waals surface area contributed by atoms with Gasteiger partial charge in [0.05, 0.1) is 11.7 Å². The number of ether oxygens (including phenoxy) is 1. The smallest absolute Gasteiger partial charge is 0.331 e. The number of hydrogen-bond donors (Lipinski definition) is 3. The Bertz CT molecular complexity index is 1240. The topological polar surface area (TPSA) is 116 Å². The Morgan fingerprint density at radius 3 is 2.97 bits per heavy atom. The molecule has 2 aliphatic heterocycles. The van der Waals surface area contributed by atoms with E-state index in [4.69, 9.17) is 16.3 Å². The fourth-order valence-corrected chi connectivity index (χ4v) is 5.17.